The second-order valence-corrected chi connectivity index (χ2v) is 8.54. The van der Waals surface area contributed by atoms with E-state index in [-0.39, 0.29) is 22.0 Å². The summed E-state index contributed by atoms with van der Waals surface area (Å²) >= 11 is 0. The third-order valence-corrected chi connectivity index (χ3v) is 5.36. The summed E-state index contributed by atoms with van der Waals surface area (Å²) in [6.07, 6.45) is 0. The second kappa shape index (κ2) is 10.3. The Bertz CT molecular complexity index is 1280. The summed E-state index contributed by atoms with van der Waals surface area (Å²) in [4.78, 5) is 24.9. The van der Waals surface area contributed by atoms with Gasteiger partial charge in [-0.25, -0.2) is 4.79 Å². The van der Waals surface area contributed by atoms with E-state index in [0.29, 0.717) is 0 Å². The largest absolute Gasteiger partial charge is 0.370 e. The van der Waals surface area contributed by atoms with Crippen LogP contribution in [0, 0.1) is 0 Å². The van der Waals surface area contributed by atoms with Crippen LogP contribution in [0.15, 0.2) is 63.3 Å². The Morgan fingerprint density at radius 1 is 1.00 bits per heavy atom. The first kappa shape index (κ1) is 26.0. The monoisotopic (exact) mass is 487 g/mol. The summed E-state index contributed by atoms with van der Waals surface area (Å²) in [5, 5.41) is 4.58. The minimum absolute atomic E-state index is 0.0463. The summed E-state index contributed by atoms with van der Waals surface area (Å²) in [6.45, 7) is 0. The van der Waals surface area contributed by atoms with E-state index in [4.69, 9.17) is 16.0 Å². The van der Waals surface area contributed by atoms with Crippen LogP contribution in [0.1, 0.15) is 20.7 Å². The molecule has 0 spiro atoms. The van der Waals surface area contributed by atoms with Gasteiger partial charge in [-0.2, -0.15) is 21.8 Å². The number of rotatable bonds is 2. The average Bonchev–Trinajstić information content (AvgIpc) is 2.90. The topological polar surface area (TPSA) is 274 Å². The van der Waals surface area contributed by atoms with Crippen molar-refractivity contribution in [3.63, 3.8) is 0 Å². The number of hydrogen-bond donors (Lipinski definition) is 6. The molecule has 0 saturated heterocycles. The highest BCUT2D eigenvalue weighted by molar-refractivity contribution is 7.87. The van der Waals surface area contributed by atoms with Gasteiger partial charge in [-0.05, 0) is 24.3 Å². The number of fused-ring (bicyclic) bond motifs is 1. The molecule has 0 fully saturated rings. The predicted molar refractivity (Wildman–Crippen MR) is 111 cm³/mol. The number of carbonyl (C=O) groups is 2. The van der Waals surface area contributed by atoms with Crippen LogP contribution in [0.4, 0.5) is 0 Å². The van der Waals surface area contributed by atoms with Crippen LogP contribution in [0.2, 0.25) is 0 Å². The zero-order valence-electron chi connectivity index (χ0n) is 16.1. The van der Waals surface area contributed by atoms with E-state index in [1.165, 1.54) is 30.3 Å². The van der Waals surface area contributed by atoms with Crippen molar-refractivity contribution in [2.45, 2.75) is 9.79 Å². The maximum absolute atomic E-state index is 11.4. The third-order valence-electron chi connectivity index (χ3n) is 3.19. The maximum atomic E-state index is 11.4. The SMILES string of the molecule is NC(N)=NC(=O)c1ccccc1S(=O)(=O)O.NC(N)=[NH2+].O=C1OS(=O)(=O)c2ccccc21. The Balaban J connectivity index is 0.000000281. The summed E-state index contributed by atoms with van der Waals surface area (Å²) in [6, 6.07) is 10.9. The van der Waals surface area contributed by atoms with Crippen LogP contribution < -0.4 is 28.3 Å². The molecule has 172 valence electrons. The minimum atomic E-state index is -4.49. The molecule has 2 aromatic rings. The maximum Gasteiger partial charge on any atom is 0.355 e. The molecule has 1 amide bonds. The van der Waals surface area contributed by atoms with Gasteiger partial charge in [0.25, 0.3) is 16.0 Å². The highest BCUT2D eigenvalue weighted by Crippen LogP contribution is 2.26. The normalized spacial score (nSPS) is 13.1. The van der Waals surface area contributed by atoms with Gasteiger partial charge in [-0.15, -0.1) is 0 Å². The zero-order valence-corrected chi connectivity index (χ0v) is 17.7. The number of nitrogens with two attached hydrogens (primary N) is 5. The fourth-order valence-corrected chi connectivity index (χ4v) is 3.82. The van der Waals surface area contributed by atoms with Crippen molar-refractivity contribution in [3.8, 4) is 0 Å². The zero-order chi connectivity index (χ0) is 24.7. The van der Waals surface area contributed by atoms with Crippen molar-refractivity contribution in [3.05, 3.63) is 59.7 Å². The van der Waals surface area contributed by atoms with Gasteiger partial charge < -0.3 is 15.7 Å². The van der Waals surface area contributed by atoms with E-state index in [0.717, 1.165) is 6.07 Å². The molecule has 3 rings (SSSR count). The molecule has 0 aliphatic carbocycles. The predicted octanol–water partition coefficient (Wildman–Crippen LogP) is -3.09. The Hall–Kier alpha value is -4.02. The number of hydrogen-bond acceptors (Lipinski definition) is 7. The second-order valence-electron chi connectivity index (χ2n) is 5.63. The summed E-state index contributed by atoms with van der Waals surface area (Å²) < 4.78 is 56.9. The van der Waals surface area contributed by atoms with Gasteiger partial charge >= 0.3 is 22.0 Å². The summed E-state index contributed by atoms with van der Waals surface area (Å²) in [5.74, 6) is -2.31. The van der Waals surface area contributed by atoms with Crippen molar-refractivity contribution in [2.24, 2.45) is 27.9 Å². The molecule has 0 unspecified atom stereocenters. The molecule has 0 radical (unpaired) electrons. The van der Waals surface area contributed by atoms with Gasteiger partial charge in [-0.3, -0.25) is 26.2 Å². The molecule has 14 nitrogen and oxygen atoms in total. The molecular formula is C16H19N6O8S2+. The van der Waals surface area contributed by atoms with Gasteiger partial charge in [-0.1, -0.05) is 24.3 Å². The molecule has 1 heterocycles. The first-order valence-corrected chi connectivity index (χ1v) is 10.9. The number of amides is 1. The molecule has 2 aromatic carbocycles. The van der Waals surface area contributed by atoms with Gasteiger partial charge in [0.05, 0.1) is 11.1 Å². The smallest absolute Gasteiger partial charge is 0.355 e. The van der Waals surface area contributed by atoms with Crippen LogP contribution in [0.3, 0.4) is 0 Å². The van der Waals surface area contributed by atoms with Gasteiger partial charge in [0.2, 0.25) is 0 Å². The van der Waals surface area contributed by atoms with Crippen molar-refractivity contribution in [2.75, 3.05) is 0 Å². The molecule has 0 bridgehead atoms. The molecule has 16 heteroatoms. The Kier molecular flexibility index (Phi) is 8.40. The number of carbonyl (C=O) groups excluding carboxylic acids is 2. The average molecular weight is 487 g/mol. The summed E-state index contributed by atoms with van der Waals surface area (Å²) in [7, 11) is -8.29. The first-order chi connectivity index (χ1) is 14.7. The Morgan fingerprint density at radius 3 is 2.00 bits per heavy atom. The van der Waals surface area contributed by atoms with Crippen molar-refractivity contribution in [1.29, 1.82) is 0 Å². The molecular weight excluding hydrogens is 468 g/mol. The van der Waals surface area contributed by atoms with Crippen LogP contribution in [-0.4, -0.2) is 45.2 Å². The highest BCUT2D eigenvalue weighted by atomic mass is 32.2. The molecule has 0 atom stereocenters. The van der Waals surface area contributed by atoms with Gasteiger partial charge in [0, 0.05) is 0 Å². The molecule has 1 aliphatic rings. The Labute approximate surface area is 182 Å². The van der Waals surface area contributed by atoms with E-state index in [2.05, 4.69) is 26.1 Å². The summed E-state index contributed by atoms with van der Waals surface area (Å²) in [5.41, 5.74) is 19.0. The quantitative estimate of drug-likeness (QED) is 0.106. The Morgan fingerprint density at radius 2 is 1.50 bits per heavy atom. The van der Waals surface area contributed by atoms with E-state index < -0.39 is 43.0 Å². The van der Waals surface area contributed by atoms with Crippen LogP contribution in [0.25, 0.3) is 0 Å². The van der Waals surface area contributed by atoms with Crippen LogP contribution in [0.5, 0.6) is 0 Å². The lowest BCUT2D eigenvalue weighted by Crippen LogP contribution is -2.51. The van der Waals surface area contributed by atoms with E-state index in [1.807, 2.05) is 0 Å². The fraction of sp³-hybridized carbons (Fsp3) is 0. The number of nitrogens with zero attached hydrogens (tertiary/aromatic N) is 1. The van der Waals surface area contributed by atoms with Crippen molar-refractivity contribution >= 4 is 44.0 Å². The van der Waals surface area contributed by atoms with Crippen LogP contribution >= 0.6 is 0 Å². The van der Waals surface area contributed by atoms with Gasteiger partial charge in [0.1, 0.15) is 9.79 Å². The van der Waals surface area contributed by atoms with E-state index in [1.54, 1.807) is 12.1 Å². The number of aliphatic imine (C=N–C) groups is 1. The highest BCUT2D eigenvalue weighted by Gasteiger charge is 2.34. The standard InChI is InChI=1S/C8H9N3O4S.C7H4O4S.CH5N3/c9-8(10)11-7(12)5-3-1-2-4-6(5)16(13,14)15;8-7-5-3-1-2-4-6(5)12(9,10)11-7;2-1(3)4/h1-4H,(H,13,14,15)(H4,9,10,11,12);1-4H;(H5,2,3,4)/p+1. The molecule has 1 aliphatic heterocycles. The molecule has 32 heavy (non-hydrogen) atoms. The molecule has 0 saturated carbocycles. The number of benzene rings is 2. The lowest BCUT2D eigenvalue weighted by atomic mass is 10.2. The van der Waals surface area contributed by atoms with Gasteiger partial charge in [0.15, 0.2) is 5.96 Å². The molecule has 0 aromatic heterocycles. The lowest BCUT2D eigenvalue weighted by Gasteiger charge is -2.02. The minimum Gasteiger partial charge on any atom is -0.370 e. The molecule has 11 N–H and O–H groups in total. The van der Waals surface area contributed by atoms with Crippen molar-refractivity contribution < 1.29 is 40.6 Å². The van der Waals surface area contributed by atoms with E-state index in [9.17, 15) is 26.4 Å². The first-order valence-electron chi connectivity index (χ1n) is 8.08. The van der Waals surface area contributed by atoms with Crippen LogP contribution in [-0.2, 0) is 24.4 Å². The fourth-order valence-electron chi connectivity index (χ4n) is 2.09. The van der Waals surface area contributed by atoms with E-state index >= 15 is 0 Å². The third kappa shape index (κ3) is 7.35. The number of guanidine groups is 2. The van der Waals surface area contributed by atoms with Crippen molar-refractivity contribution in [1.82, 2.24) is 0 Å². The lowest BCUT2D eigenvalue weighted by molar-refractivity contribution is -0.116.